The van der Waals surface area contributed by atoms with Crippen LogP contribution in [0.2, 0.25) is 0 Å². The number of hydrogen-bond acceptors (Lipinski definition) is 5. The molecular weight excluding hydrogens is 408 g/mol. The molecule has 1 aromatic heterocycles. The molecule has 1 aliphatic heterocycles. The van der Waals surface area contributed by atoms with Crippen molar-refractivity contribution in [2.75, 3.05) is 6.54 Å². The van der Waals surface area contributed by atoms with Gasteiger partial charge in [0.2, 0.25) is 5.91 Å². The summed E-state index contributed by atoms with van der Waals surface area (Å²) in [6.07, 6.45) is 4.27. The molecule has 1 aliphatic rings. The first-order valence-electron chi connectivity index (χ1n) is 10.7. The van der Waals surface area contributed by atoms with Crippen LogP contribution >= 0.6 is 11.3 Å². The molecule has 0 radical (unpaired) electrons. The van der Waals surface area contributed by atoms with Crippen molar-refractivity contribution in [3.8, 4) is 17.2 Å². The highest BCUT2D eigenvalue weighted by Gasteiger charge is 2.22. The molecule has 2 atom stereocenters. The van der Waals surface area contributed by atoms with Crippen LogP contribution in [0.25, 0.3) is 21.3 Å². The fraction of sp³-hybridized carbons (Fsp3) is 0.375. The van der Waals surface area contributed by atoms with E-state index < -0.39 is 6.04 Å². The molecule has 1 fully saturated rings. The van der Waals surface area contributed by atoms with Gasteiger partial charge in [0.05, 0.1) is 22.3 Å². The second-order valence-corrected chi connectivity index (χ2v) is 9.03. The lowest BCUT2D eigenvalue weighted by Gasteiger charge is -2.23. The summed E-state index contributed by atoms with van der Waals surface area (Å²) in [5.41, 5.74) is 4.21. The first-order valence-corrected chi connectivity index (χ1v) is 11.5. The van der Waals surface area contributed by atoms with Crippen LogP contribution in [0.5, 0.6) is 0 Å². The Morgan fingerprint density at radius 2 is 2.03 bits per heavy atom. The van der Waals surface area contributed by atoms with Crippen molar-refractivity contribution in [1.82, 2.24) is 15.2 Å². The minimum Gasteiger partial charge on any atom is -0.339 e. The molecule has 2 N–H and O–H groups in total. The maximum Gasteiger partial charge on any atom is 0.307 e. The molecule has 0 bridgehead atoms. The number of benzene rings is 2. The molecular formula is C24H26N4O2S. The highest BCUT2D eigenvalue weighted by atomic mass is 32.1. The number of hydrogen-bond donors (Lipinski definition) is 2. The van der Waals surface area contributed by atoms with Crippen molar-refractivity contribution in [2.45, 2.75) is 44.2 Å². The van der Waals surface area contributed by atoms with Crippen molar-refractivity contribution in [1.29, 1.82) is 5.26 Å². The molecule has 1 saturated heterocycles. The Kier molecular flexibility index (Phi) is 6.50. The Bertz CT molecular complexity index is 1170. The first-order chi connectivity index (χ1) is 15.0. The quantitative estimate of drug-likeness (QED) is 0.623. The normalized spacial score (nSPS) is 17.2. The number of fused-ring (bicyclic) bond motifs is 1. The maximum atomic E-state index is 12.4. The van der Waals surface area contributed by atoms with Crippen molar-refractivity contribution in [2.24, 2.45) is 7.05 Å². The SMILES string of the molecule is Cn1c(=O)sc2ccc(-c3ccc(CC[C@@H](C#N)NC(=O)[C@@H]4CCCCN4)cc3)cc21. The highest BCUT2D eigenvalue weighted by Crippen LogP contribution is 2.26. The van der Waals surface area contributed by atoms with Gasteiger partial charge in [0.25, 0.3) is 0 Å². The van der Waals surface area contributed by atoms with Gasteiger partial charge in [0.1, 0.15) is 6.04 Å². The van der Waals surface area contributed by atoms with E-state index >= 15 is 0 Å². The van der Waals surface area contributed by atoms with E-state index in [9.17, 15) is 14.9 Å². The number of rotatable bonds is 6. The summed E-state index contributed by atoms with van der Waals surface area (Å²) in [5.74, 6) is -0.0696. The number of nitriles is 1. The second kappa shape index (κ2) is 9.46. The van der Waals surface area contributed by atoms with E-state index in [2.05, 4.69) is 41.0 Å². The molecule has 7 heteroatoms. The van der Waals surface area contributed by atoms with E-state index in [0.29, 0.717) is 6.42 Å². The van der Waals surface area contributed by atoms with Gasteiger partial charge in [-0.15, -0.1) is 0 Å². The lowest BCUT2D eigenvalue weighted by molar-refractivity contribution is -0.124. The van der Waals surface area contributed by atoms with Gasteiger partial charge >= 0.3 is 4.87 Å². The maximum absolute atomic E-state index is 12.4. The van der Waals surface area contributed by atoms with Gasteiger partial charge < -0.3 is 15.2 Å². The van der Waals surface area contributed by atoms with Crippen LogP contribution in [-0.2, 0) is 18.3 Å². The molecule has 4 rings (SSSR count). The van der Waals surface area contributed by atoms with Crippen LogP contribution in [0.4, 0.5) is 0 Å². The molecule has 1 amide bonds. The molecule has 0 aliphatic carbocycles. The van der Waals surface area contributed by atoms with Gasteiger partial charge in [0.15, 0.2) is 0 Å². The minimum absolute atomic E-state index is 0.0425. The van der Waals surface area contributed by atoms with Gasteiger partial charge in [-0.25, -0.2) is 0 Å². The van der Waals surface area contributed by atoms with E-state index in [1.165, 1.54) is 11.3 Å². The number of aryl methyl sites for hydroxylation is 2. The zero-order valence-corrected chi connectivity index (χ0v) is 18.4. The van der Waals surface area contributed by atoms with Crippen LogP contribution in [0.1, 0.15) is 31.2 Å². The molecule has 160 valence electrons. The molecule has 6 nitrogen and oxygen atoms in total. The standard InChI is InChI=1S/C24H26N4O2S/c1-28-21-14-18(10-12-22(21)31-24(28)30)17-8-5-16(6-9-17)7-11-19(15-25)27-23(29)20-4-2-3-13-26-20/h5-6,8-10,12,14,19-20,26H,2-4,7,11,13H2,1H3,(H,27,29)/t19-,20-/m0/s1. The molecule has 3 aromatic rings. The Morgan fingerprint density at radius 3 is 2.74 bits per heavy atom. The predicted molar refractivity (Wildman–Crippen MR) is 124 cm³/mol. The van der Waals surface area contributed by atoms with Crippen LogP contribution in [0.15, 0.2) is 47.3 Å². The van der Waals surface area contributed by atoms with Gasteiger partial charge in [-0.1, -0.05) is 48.1 Å². The van der Waals surface area contributed by atoms with Crippen molar-refractivity contribution in [3.63, 3.8) is 0 Å². The third-order valence-corrected chi connectivity index (χ3v) is 6.91. The van der Waals surface area contributed by atoms with Gasteiger partial charge in [-0.2, -0.15) is 5.26 Å². The number of piperidine rings is 1. The minimum atomic E-state index is -0.488. The third kappa shape index (κ3) is 4.87. The summed E-state index contributed by atoms with van der Waals surface area (Å²) in [7, 11) is 1.79. The molecule has 31 heavy (non-hydrogen) atoms. The Morgan fingerprint density at radius 1 is 1.26 bits per heavy atom. The zero-order chi connectivity index (χ0) is 21.8. The summed E-state index contributed by atoms with van der Waals surface area (Å²) in [6, 6.07) is 15.9. The average Bonchev–Trinajstić information content (AvgIpc) is 3.10. The lowest BCUT2D eigenvalue weighted by Crippen LogP contribution is -2.49. The Balaban J connectivity index is 1.38. The van der Waals surface area contributed by atoms with Gasteiger partial charge in [-0.3, -0.25) is 9.59 Å². The van der Waals surface area contributed by atoms with Crippen LogP contribution in [0, 0.1) is 11.3 Å². The summed E-state index contributed by atoms with van der Waals surface area (Å²) >= 11 is 1.26. The summed E-state index contributed by atoms with van der Waals surface area (Å²) in [4.78, 5) is 24.3. The number of aromatic nitrogens is 1. The van der Waals surface area contributed by atoms with Gasteiger partial charge in [-0.05, 0) is 61.1 Å². The molecule has 0 spiro atoms. The number of nitrogens with zero attached hydrogens (tertiary/aromatic N) is 2. The fourth-order valence-electron chi connectivity index (χ4n) is 4.00. The monoisotopic (exact) mass is 434 g/mol. The van der Waals surface area contributed by atoms with E-state index in [1.54, 1.807) is 11.6 Å². The van der Waals surface area contributed by atoms with Crippen molar-refractivity contribution < 1.29 is 4.79 Å². The second-order valence-electron chi connectivity index (χ2n) is 8.04. The number of amides is 1. The van der Waals surface area contributed by atoms with Crippen molar-refractivity contribution >= 4 is 27.5 Å². The van der Waals surface area contributed by atoms with Crippen LogP contribution in [0.3, 0.4) is 0 Å². The number of thiazole rings is 1. The largest absolute Gasteiger partial charge is 0.339 e. The number of carbonyl (C=O) groups is 1. The number of nitrogens with one attached hydrogen (secondary N) is 2. The summed E-state index contributed by atoms with van der Waals surface area (Å²) in [5, 5.41) is 15.5. The summed E-state index contributed by atoms with van der Waals surface area (Å²) < 4.78 is 2.66. The third-order valence-electron chi connectivity index (χ3n) is 5.90. The predicted octanol–water partition coefficient (Wildman–Crippen LogP) is 3.35. The van der Waals surface area contributed by atoms with Crippen LogP contribution < -0.4 is 15.5 Å². The highest BCUT2D eigenvalue weighted by molar-refractivity contribution is 7.16. The summed E-state index contributed by atoms with van der Waals surface area (Å²) in [6.45, 7) is 0.858. The molecule has 2 aromatic carbocycles. The van der Waals surface area contributed by atoms with Crippen LogP contribution in [-0.4, -0.2) is 29.1 Å². The first kappa shape index (κ1) is 21.3. The van der Waals surface area contributed by atoms with Crippen molar-refractivity contribution in [3.05, 3.63) is 57.7 Å². The van der Waals surface area contributed by atoms with E-state index in [1.807, 2.05) is 18.2 Å². The fourth-order valence-corrected chi connectivity index (χ4v) is 4.86. The van der Waals surface area contributed by atoms with E-state index in [0.717, 1.165) is 59.1 Å². The molecule has 0 saturated carbocycles. The molecule has 0 unspecified atom stereocenters. The Labute approximate surface area is 185 Å². The zero-order valence-electron chi connectivity index (χ0n) is 17.6. The topological polar surface area (TPSA) is 86.9 Å². The van der Waals surface area contributed by atoms with Gasteiger partial charge in [0, 0.05) is 7.05 Å². The number of carbonyl (C=O) groups excluding carboxylic acids is 1. The van der Waals surface area contributed by atoms with E-state index in [4.69, 9.17) is 0 Å². The molecule has 2 heterocycles. The van der Waals surface area contributed by atoms with E-state index in [-0.39, 0.29) is 16.8 Å². The smallest absolute Gasteiger partial charge is 0.307 e. The Hall–Kier alpha value is -2.95. The lowest BCUT2D eigenvalue weighted by atomic mass is 10.00. The average molecular weight is 435 g/mol.